The van der Waals surface area contributed by atoms with Gasteiger partial charge in [-0.25, -0.2) is 4.98 Å². The van der Waals surface area contributed by atoms with E-state index in [0.29, 0.717) is 11.6 Å². The van der Waals surface area contributed by atoms with Crippen LogP contribution in [0.1, 0.15) is 5.56 Å². The molecule has 0 atom stereocenters. The second kappa shape index (κ2) is 8.67. The molecule has 0 fully saturated rings. The summed E-state index contributed by atoms with van der Waals surface area (Å²) in [5.41, 5.74) is 4.50. The Balaban J connectivity index is 1.61. The molecular formula is C22H18ClN5O. The third kappa shape index (κ3) is 4.50. The zero-order valence-corrected chi connectivity index (χ0v) is 16.3. The first kappa shape index (κ1) is 18.8. The number of amides is 1. The van der Waals surface area contributed by atoms with E-state index in [1.54, 1.807) is 31.1 Å². The molecule has 29 heavy (non-hydrogen) atoms. The number of nitrogens with zero attached hydrogens (tertiary/aromatic N) is 4. The maximum absolute atomic E-state index is 12.6. The molecule has 1 N–H and O–H groups in total. The third-order valence-electron chi connectivity index (χ3n) is 4.46. The number of hydrogen-bond acceptors (Lipinski definition) is 4. The topological polar surface area (TPSA) is 72.7 Å². The van der Waals surface area contributed by atoms with Crippen LogP contribution in [-0.2, 0) is 17.9 Å². The number of carbonyl (C=O) groups excluding carboxylic acids is 1. The van der Waals surface area contributed by atoms with Crippen LogP contribution in [0.4, 0.5) is 0 Å². The molecule has 0 spiro atoms. The summed E-state index contributed by atoms with van der Waals surface area (Å²) in [4.78, 5) is 25.2. The van der Waals surface area contributed by atoms with Crippen LogP contribution in [0.3, 0.4) is 0 Å². The molecule has 1 amide bonds. The van der Waals surface area contributed by atoms with Gasteiger partial charge in [-0.1, -0.05) is 23.7 Å². The number of benzene rings is 1. The fourth-order valence-corrected chi connectivity index (χ4v) is 3.17. The Bertz CT molecular complexity index is 1100. The molecule has 0 saturated heterocycles. The molecule has 0 aliphatic carbocycles. The lowest BCUT2D eigenvalue weighted by Crippen LogP contribution is -2.27. The third-order valence-corrected chi connectivity index (χ3v) is 4.71. The molecule has 6 nitrogen and oxygen atoms in total. The van der Waals surface area contributed by atoms with E-state index in [4.69, 9.17) is 11.6 Å². The van der Waals surface area contributed by atoms with E-state index in [1.807, 2.05) is 53.1 Å². The summed E-state index contributed by atoms with van der Waals surface area (Å²) in [6, 6.07) is 15.1. The summed E-state index contributed by atoms with van der Waals surface area (Å²) in [6.45, 7) is 0.605. The molecule has 0 unspecified atom stereocenters. The molecule has 4 rings (SSSR count). The summed E-state index contributed by atoms with van der Waals surface area (Å²) in [6.07, 6.45) is 8.55. The highest BCUT2D eigenvalue weighted by Gasteiger charge is 2.17. The predicted molar refractivity (Wildman–Crippen MR) is 112 cm³/mol. The van der Waals surface area contributed by atoms with Gasteiger partial charge in [0.15, 0.2) is 0 Å². The van der Waals surface area contributed by atoms with Gasteiger partial charge in [-0.05, 0) is 42.0 Å². The highest BCUT2D eigenvalue weighted by molar-refractivity contribution is 6.30. The first-order valence-corrected chi connectivity index (χ1v) is 9.45. The Morgan fingerprint density at radius 1 is 0.897 bits per heavy atom. The van der Waals surface area contributed by atoms with Gasteiger partial charge in [0, 0.05) is 47.5 Å². The van der Waals surface area contributed by atoms with E-state index in [1.165, 1.54) is 0 Å². The lowest BCUT2D eigenvalue weighted by molar-refractivity contribution is -0.121. The van der Waals surface area contributed by atoms with Crippen LogP contribution in [0, 0.1) is 0 Å². The second-order valence-corrected chi connectivity index (χ2v) is 6.88. The first-order chi connectivity index (χ1) is 14.2. The first-order valence-electron chi connectivity index (χ1n) is 9.08. The molecule has 0 saturated carbocycles. The average molecular weight is 404 g/mol. The van der Waals surface area contributed by atoms with E-state index in [0.717, 1.165) is 28.1 Å². The number of hydrogen-bond donors (Lipinski definition) is 1. The number of nitrogens with one attached hydrogen (secondary N) is 1. The molecule has 1 aromatic carbocycles. The van der Waals surface area contributed by atoms with Crippen LogP contribution >= 0.6 is 11.6 Å². The second-order valence-electron chi connectivity index (χ2n) is 6.44. The number of halogens is 1. The molecule has 4 aromatic rings. The van der Waals surface area contributed by atoms with E-state index >= 15 is 0 Å². The van der Waals surface area contributed by atoms with Gasteiger partial charge < -0.3 is 9.88 Å². The van der Waals surface area contributed by atoms with E-state index < -0.39 is 0 Å². The van der Waals surface area contributed by atoms with Gasteiger partial charge >= 0.3 is 0 Å². The molecule has 0 aliphatic heterocycles. The number of aromatic nitrogens is 4. The average Bonchev–Trinajstić information content (AvgIpc) is 3.17. The molecule has 3 heterocycles. The van der Waals surface area contributed by atoms with Gasteiger partial charge in [0.1, 0.15) is 6.54 Å². The van der Waals surface area contributed by atoms with Crippen molar-refractivity contribution in [2.75, 3.05) is 0 Å². The molecular weight excluding hydrogens is 386 g/mol. The van der Waals surface area contributed by atoms with Crippen LogP contribution in [0.25, 0.3) is 22.5 Å². The van der Waals surface area contributed by atoms with Crippen molar-refractivity contribution in [3.63, 3.8) is 0 Å². The van der Waals surface area contributed by atoms with Crippen molar-refractivity contribution in [1.29, 1.82) is 0 Å². The maximum Gasteiger partial charge on any atom is 0.240 e. The van der Waals surface area contributed by atoms with Crippen molar-refractivity contribution in [3.05, 3.63) is 90.2 Å². The van der Waals surface area contributed by atoms with Crippen molar-refractivity contribution in [2.24, 2.45) is 0 Å². The minimum absolute atomic E-state index is 0.0998. The number of pyridine rings is 2. The van der Waals surface area contributed by atoms with Crippen molar-refractivity contribution >= 4 is 17.5 Å². The van der Waals surface area contributed by atoms with Gasteiger partial charge in [0.25, 0.3) is 0 Å². The van der Waals surface area contributed by atoms with E-state index in [2.05, 4.69) is 20.3 Å². The minimum Gasteiger partial charge on any atom is -0.350 e. The molecule has 3 aromatic heterocycles. The van der Waals surface area contributed by atoms with Gasteiger partial charge in [0.2, 0.25) is 5.91 Å². The molecule has 144 valence electrons. The zero-order valence-electron chi connectivity index (χ0n) is 15.5. The fraction of sp³-hybridized carbons (Fsp3) is 0.0909. The minimum atomic E-state index is -0.0998. The lowest BCUT2D eigenvalue weighted by Gasteiger charge is -2.11. The summed E-state index contributed by atoms with van der Waals surface area (Å²) in [5, 5.41) is 3.60. The maximum atomic E-state index is 12.6. The monoisotopic (exact) mass is 403 g/mol. The van der Waals surface area contributed by atoms with E-state index in [-0.39, 0.29) is 12.5 Å². The Hall–Kier alpha value is -3.51. The van der Waals surface area contributed by atoms with Gasteiger partial charge in [-0.2, -0.15) is 0 Å². The standard InChI is InChI=1S/C22H18ClN5O/c23-19-3-1-17(2-4-19)21-22(18-7-11-25-12-8-18)28(15-27-21)14-20(29)26-13-16-5-9-24-10-6-16/h1-12,15H,13-14H2,(H,26,29). The molecule has 0 radical (unpaired) electrons. The fourth-order valence-electron chi connectivity index (χ4n) is 3.05. The van der Waals surface area contributed by atoms with Crippen LogP contribution in [0.5, 0.6) is 0 Å². The molecule has 0 bridgehead atoms. The number of carbonyl (C=O) groups is 1. The lowest BCUT2D eigenvalue weighted by atomic mass is 10.1. The van der Waals surface area contributed by atoms with Gasteiger partial charge in [-0.15, -0.1) is 0 Å². The largest absolute Gasteiger partial charge is 0.350 e. The summed E-state index contributed by atoms with van der Waals surface area (Å²) < 4.78 is 1.85. The van der Waals surface area contributed by atoms with Crippen LogP contribution in [-0.4, -0.2) is 25.4 Å². The van der Waals surface area contributed by atoms with Crippen LogP contribution < -0.4 is 5.32 Å². The quantitative estimate of drug-likeness (QED) is 0.528. The van der Waals surface area contributed by atoms with Crippen molar-refractivity contribution in [2.45, 2.75) is 13.1 Å². The summed E-state index contributed by atoms with van der Waals surface area (Å²) in [7, 11) is 0. The van der Waals surface area contributed by atoms with Gasteiger partial charge in [0.05, 0.1) is 17.7 Å². The number of imidazole rings is 1. The van der Waals surface area contributed by atoms with Crippen molar-refractivity contribution in [3.8, 4) is 22.5 Å². The smallest absolute Gasteiger partial charge is 0.240 e. The normalized spacial score (nSPS) is 10.7. The molecule has 7 heteroatoms. The number of rotatable bonds is 6. The van der Waals surface area contributed by atoms with Crippen LogP contribution in [0.15, 0.2) is 79.6 Å². The highest BCUT2D eigenvalue weighted by Crippen LogP contribution is 2.31. The summed E-state index contributed by atoms with van der Waals surface area (Å²) >= 11 is 6.02. The Kier molecular flexibility index (Phi) is 5.63. The van der Waals surface area contributed by atoms with Gasteiger partial charge in [-0.3, -0.25) is 14.8 Å². The SMILES string of the molecule is O=C(Cn1cnc(-c2ccc(Cl)cc2)c1-c1ccncc1)NCc1ccncc1. The van der Waals surface area contributed by atoms with E-state index in [9.17, 15) is 4.79 Å². The Morgan fingerprint density at radius 2 is 1.55 bits per heavy atom. The Morgan fingerprint density at radius 3 is 2.24 bits per heavy atom. The Labute approximate surface area is 173 Å². The summed E-state index contributed by atoms with van der Waals surface area (Å²) in [5.74, 6) is -0.0998. The molecule has 0 aliphatic rings. The van der Waals surface area contributed by atoms with Crippen LogP contribution in [0.2, 0.25) is 5.02 Å². The zero-order chi connectivity index (χ0) is 20.1. The highest BCUT2D eigenvalue weighted by atomic mass is 35.5. The van der Waals surface area contributed by atoms with Crippen molar-refractivity contribution < 1.29 is 4.79 Å². The van der Waals surface area contributed by atoms with Crippen molar-refractivity contribution in [1.82, 2.24) is 24.8 Å². The predicted octanol–water partition coefficient (Wildman–Crippen LogP) is 3.98.